The van der Waals surface area contributed by atoms with E-state index in [9.17, 15) is 9.59 Å². The van der Waals surface area contributed by atoms with Gasteiger partial charge in [-0.15, -0.1) is 0 Å². The zero-order valence-corrected chi connectivity index (χ0v) is 15.0. The third kappa shape index (κ3) is 5.72. The summed E-state index contributed by atoms with van der Waals surface area (Å²) in [5.74, 6) is -0.108. The quantitative estimate of drug-likeness (QED) is 0.812. The van der Waals surface area contributed by atoms with Gasteiger partial charge in [-0.3, -0.25) is 14.5 Å². The van der Waals surface area contributed by atoms with E-state index < -0.39 is 0 Å². The van der Waals surface area contributed by atoms with Crippen LogP contribution in [0.3, 0.4) is 0 Å². The smallest absolute Gasteiger partial charge is 0.251 e. The number of nitrogens with zero attached hydrogens (tertiary/aromatic N) is 1. The van der Waals surface area contributed by atoms with Crippen LogP contribution in [-0.4, -0.2) is 37.4 Å². The highest BCUT2D eigenvalue weighted by atomic mass is 16.2. The van der Waals surface area contributed by atoms with E-state index in [0.717, 1.165) is 11.1 Å². The Balaban J connectivity index is 1.81. The first-order chi connectivity index (χ1) is 12.0. The van der Waals surface area contributed by atoms with Gasteiger partial charge in [0.15, 0.2) is 0 Å². The number of carbonyl (C=O) groups is 2. The molecular weight excluding hydrogens is 314 g/mol. The number of likely N-dealkylation sites (N-methyl/N-ethyl adjacent to an activating group) is 1. The fraction of sp³-hybridized carbons (Fsp3) is 0.300. The number of hydrogen-bond donors (Lipinski definition) is 2. The predicted molar refractivity (Wildman–Crippen MR) is 99.2 cm³/mol. The summed E-state index contributed by atoms with van der Waals surface area (Å²) < 4.78 is 0. The second-order valence-corrected chi connectivity index (χ2v) is 6.15. The van der Waals surface area contributed by atoms with E-state index in [1.54, 1.807) is 19.2 Å². The molecule has 0 heterocycles. The molecule has 0 unspecified atom stereocenters. The summed E-state index contributed by atoms with van der Waals surface area (Å²) in [4.78, 5) is 25.6. The molecule has 0 bridgehead atoms. The van der Waals surface area contributed by atoms with Crippen molar-refractivity contribution >= 4 is 11.8 Å². The number of amides is 2. The van der Waals surface area contributed by atoms with E-state index in [-0.39, 0.29) is 11.8 Å². The average molecular weight is 339 g/mol. The monoisotopic (exact) mass is 339 g/mol. The first-order valence-electron chi connectivity index (χ1n) is 8.30. The maximum atomic E-state index is 12.1. The summed E-state index contributed by atoms with van der Waals surface area (Å²) >= 11 is 0. The zero-order chi connectivity index (χ0) is 18.2. The molecule has 0 aromatic heterocycles. The fourth-order valence-electron chi connectivity index (χ4n) is 2.58. The Hall–Kier alpha value is -2.66. The highest BCUT2D eigenvalue weighted by molar-refractivity contribution is 5.93. The van der Waals surface area contributed by atoms with Crippen molar-refractivity contribution in [2.75, 3.05) is 20.6 Å². The van der Waals surface area contributed by atoms with Crippen LogP contribution >= 0.6 is 0 Å². The molecule has 132 valence electrons. The van der Waals surface area contributed by atoms with Crippen LogP contribution in [0, 0.1) is 6.92 Å². The maximum Gasteiger partial charge on any atom is 0.251 e. The van der Waals surface area contributed by atoms with Gasteiger partial charge in [-0.25, -0.2) is 0 Å². The topological polar surface area (TPSA) is 61.4 Å². The molecule has 2 rings (SSSR count). The number of carbonyl (C=O) groups excluding carboxylic acids is 2. The lowest BCUT2D eigenvalue weighted by molar-refractivity contribution is -0.122. The van der Waals surface area contributed by atoms with Crippen molar-refractivity contribution in [1.29, 1.82) is 0 Å². The van der Waals surface area contributed by atoms with Gasteiger partial charge < -0.3 is 10.6 Å². The van der Waals surface area contributed by atoms with E-state index >= 15 is 0 Å². The highest BCUT2D eigenvalue weighted by Crippen LogP contribution is 2.08. The Morgan fingerprint density at radius 1 is 1.04 bits per heavy atom. The van der Waals surface area contributed by atoms with Gasteiger partial charge in [0.05, 0.1) is 6.54 Å². The minimum absolute atomic E-state index is 0.00673. The van der Waals surface area contributed by atoms with Gasteiger partial charge in [-0.1, -0.05) is 36.4 Å². The molecule has 0 saturated carbocycles. The van der Waals surface area contributed by atoms with E-state index in [1.807, 2.05) is 55.3 Å². The van der Waals surface area contributed by atoms with Crippen LogP contribution in [0.4, 0.5) is 0 Å². The second-order valence-electron chi connectivity index (χ2n) is 6.15. The van der Waals surface area contributed by atoms with Crippen molar-refractivity contribution in [3.63, 3.8) is 0 Å². The molecule has 0 spiro atoms. The van der Waals surface area contributed by atoms with Gasteiger partial charge in [0, 0.05) is 25.7 Å². The van der Waals surface area contributed by atoms with Crippen LogP contribution in [0.15, 0.2) is 48.5 Å². The first kappa shape index (κ1) is 18.7. The molecule has 0 radical (unpaired) electrons. The SMILES string of the molecule is CNC(=O)c1ccc(CN(C)CC(=O)NCc2ccccc2C)cc1. The minimum atomic E-state index is -0.101. The fourth-order valence-corrected chi connectivity index (χ4v) is 2.58. The third-order valence-corrected chi connectivity index (χ3v) is 4.05. The summed E-state index contributed by atoms with van der Waals surface area (Å²) in [6.07, 6.45) is 0. The number of nitrogens with one attached hydrogen (secondary N) is 2. The molecule has 5 heteroatoms. The van der Waals surface area contributed by atoms with E-state index in [0.29, 0.717) is 25.2 Å². The molecule has 0 aliphatic carbocycles. The largest absolute Gasteiger partial charge is 0.355 e. The Bertz CT molecular complexity index is 726. The van der Waals surface area contributed by atoms with Gasteiger partial charge in [0.2, 0.25) is 5.91 Å². The molecule has 2 N–H and O–H groups in total. The summed E-state index contributed by atoms with van der Waals surface area (Å²) in [7, 11) is 3.51. The van der Waals surface area contributed by atoms with Gasteiger partial charge in [0.1, 0.15) is 0 Å². The highest BCUT2D eigenvalue weighted by Gasteiger charge is 2.08. The molecule has 0 aliphatic rings. The minimum Gasteiger partial charge on any atom is -0.355 e. The number of rotatable bonds is 7. The van der Waals surface area contributed by atoms with Crippen molar-refractivity contribution in [1.82, 2.24) is 15.5 Å². The van der Waals surface area contributed by atoms with Crippen LogP contribution in [0.2, 0.25) is 0 Å². The second kappa shape index (κ2) is 8.99. The zero-order valence-electron chi connectivity index (χ0n) is 15.0. The van der Waals surface area contributed by atoms with Crippen molar-refractivity contribution < 1.29 is 9.59 Å². The average Bonchev–Trinajstić information content (AvgIpc) is 2.61. The predicted octanol–water partition coefficient (Wildman–Crippen LogP) is 2.10. The van der Waals surface area contributed by atoms with Gasteiger partial charge in [-0.05, 0) is 42.8 Å². The summed E-state index contributed by atoms with van der Waals surface area (Å²) in [5, 5.41) is 5.55. The Kier molecular flexibility index (Phi) is 6.71. The van der Waals surface area contributed by atoms with Crippen LogP contribution in [-0.2, 0) is 17.9 Å². The van der Waals surface area contributed by atoms with Gasteiger partial charge >= 0.3 is 0 Å². The standard InChI is InChI=1S/C20H25N3O2/c1-15-6-4-5-7-18(15)12-22-19(24)14-23(3)13-16-8-10-17(11-9-16)20(25)21-2/h4-11H,12-14H2,1-3H3,(H,21,25)(H,22,24). The summed E-state index contributed by atoms with van der Waals surface area (Å²) in [5.41, 5.74) is 3.99. The maximum absolute atomic E-state index is 12.1. The van der Waals surface area contributed by atoms with Crippen LogP contribution in [0.5, 0.6) is 0 Å². The Morgan fingerprint density at radius 2 is 1.72 bits per heavy atom. The molecule has 0 fully saturated rings. The van der Waals surface area contributed by atoms with Crippen molar-refractivity contribution in [2.24, 2.45) is 0 Å². The molecule has 2 aromatic rings. The number of hydrogen-bond acceptors (Lipinski definition) is 3. The normalized spacial score (nSPS) is 10.6. The van der Waals surface area contributed by atoms with E-state index in [4.69, 9.17) is 0 Å². The molecule has 25 heavy (non-hydrogen) atoms. The van der Waals surface area contributed by atoms with E-state index in [2.05, 4.69) is 10.6 Å². The van der Waals surface area contributed by atoms with E-state index in [1.165, 1.54) is 5.56 Å². The molecule has 0 saturated heterocycles. The third-order valence-electron chi connectivity index (χ3n) is 4.05. The van der Waals surface area contributed by atoms with Crippen LogP contribution in [0.1, 0.15) is 27.0 Å². The lowest BCUT2D eigenvalue weighted by atomic mass is 10.1. The molecule has 2 amide bonds. The Labute approximate surface area is 149 Å². The van der Waals surface area contributed by atoms with Crippen LogP contribution in [0.25, 0.3) is 0 Å². The lowest BCUT2D eigenvalue weighted by Gasteiger charge is -2.17. The van der Waals surface area contributed by atoms with Gasteiger partial charge in [0.25, 0.3) is 5.91 Å². The number of benzene rings is 2. The molecule has 2 aromatic carbocycles. The van der Waals surface area contributed by atoms with Crippen molar-refractivity contribution in [2.45, 2.75) is 20.0 Å². The number of aryl methyl sites for hydroxylation is 1. The summed E-state index contributed by atoms with van der Waals surface area (Å²) in [6, 6.07) is 15.4. The molecule has 5 nitrogen and oxygen atoms in total. The summed E-state index contributed by atoms with van der Waals surface area (Å²) in [6.45, 7) is 3.55. The van der Waals surface area contributed by atoms with Gasteiger partial charge in [-0.2, -0.15) is 0 Å². The van der Waals surface area contributed by atoms with Crippen molar-refractivity contribution in [3.05, 3.63) is 70.8 Å². The first-order valence-corrected chi connectivity index (χ1v) is 8.30. The molecule has 0 atom stereocenters. The molecule has 0 aliphatic heterocycles. The van der Waals surface area contributed by atoms with Crippen molar-refractivity contribution in [3.8, 4) is 0 Å². The van der Waals surface area contributed by atoms with Crippen LogP contribution < -0.4 is 10.6 Å². The Morgan fingerprint density at radius 3 is 2.36 bits per heavy atom. The molecular formula is C20H25N3O2. The lowest BCUT2D eigenvalue weighted by Crippen LogP contribution is -2.34.